The monoisotopic (exact) mass is 425 g/mol. The van der Waals surface area contributed by atoms with Crippen molar-refractivity contribution < 1.29 is 10.2 Å². The zero-order valence-corrected chi connectivity index (χ0v) is 19.4. The van der Waals surface area contributed by atoms with E-state index in [9.17, 15) is 10.2 Å². The van der Waals surface area contributed by atoms with Gasteiger partial charge in [0.15, 0.2) is 0 Å². The molecule has 31 heavy (non-hydrogen) atoms. The van der Waals surface area contributed by atoms with Crippen molar-refractivity contribution in [2.45, 2.75) is 96.7 Å². The quantitative estimate of drug-likeness (QED) is 0.695. The molecule has 170 valence electrons. The highest BCUT2D eigenvalue weighted by atomic mass is 16.3. The lowest BCUT2D eigenvalue weighted by Gasteiger charge is -2.59. The van der Waals surface area contributed by atoms with Gasteiger partial charge in [-0.1, -0.05) is 25.5 Å². The maximum Gasteiger partial charge on any atom is 0.132 e. The molecule has 4 aliphatic rings. The first-order chi connectivity index (χ1) is 14.7. The average molecular weight is 426 g/mol. The lowest BCUT2D eigenvalue weighted by Crippen LogP contribution is -2.53. The summed E-state index contributed by atoms with van der Waals surface area (Å²) in [6, 6.07) is 0. The molecule has 2 N–H and O–H groups in total. The Hall–Kier alpha value is -1.33. The Kier molecular flexibility index (Phi) is 5.29. The molecule has 5 heteroatoms. The number of aromatic nitrogens is 3. The molecule has 0 spiro atoms. The number of fused-ring (bicyclic) bond motifs is 5. The summed E-state index contributed by atoms with van der Waals surface area (Å²) in [5, 5.41) is 21.9. The van der Waals surface area contributed by atoms with Crippen LogP contribution >= 0.6 is 0 Å². The number of aliphatic hydroxyl groups is 2. The van der Waals surface area contributed by atoms with Gasteiger partial charge in [0.2, 0.25) is 0 Å². The largest absolute Gasteiger partial charge is 0.393 e. The van der Waals surface area contributed by atoms with E-state index >= 15 is 0 Å². The maximum absolute atomic E-state index is 11.6. The average Bonchev–Trinajstić information content (AvgIpc) is 3.12. The van der Waals surface area contributed by atoms with Crippen LogP contribution in [0.2, 0.25) is 0 Å². The van der Waals surface area contributed by atoms with Gasteiger partial charge in [-0.05, 0) is 99.2 Å². The van der Waals surface area contributed by atoms with E-state index in [2.05, 4.69) is 41.8 Å². The summed E-state index contributed by atoms with van der Waals surface area (Å²) >= 11 is 0. The molecule has 1 aromatic rings. The van der Waals surface area contributed by atoms with Crippen molar-refractivity contribution in [1.82, 2.24) is 15.0 Å². The van der Waals surface area contributed by atoms with Gasteiger partial charge in [-0.2, -0.15) is 0 Å². The van der Waals surface area contributed by atoms with E-state index in [0.29, 0.717) is 24.7 Å². The number of nitrogens with zero attached hydrogens (tertiary/aromatic N) is 3. The Morgan fingerprint density at radius 2 is 1.84 bits per heavy atom. The molecule has 5 nitrogen and oxygen atoms in total. The highest BCUT2D eigenvalue weighted by Gasteiger charge is 2.61. The summed E-state index contributed by atoms with van der Waals surface area (Å²) in [5.41, 5.74) is 1.33. The summed E-state index contributed by atoms with van der Waals surface area (Å²) in [7, 11) is 0. The predicted octanol–water partition coefficient (Wildman–Crippen LogP) is 4.50. The predicted molar refractivity (Wildman–Crippen MR) is 120 cm³/mol. The summed E-state index contributed by atoms with van der Waals surface area (Å²) in [6.07, 6.45) is 15.8. The van der Waals surface area contributed by atoms with Crippen LogP contribution in [-0.2, 0) is 6.42 Å². The van der Waals surface area contributed by atoms with Crippen molar-refractivity contribution in [3.63, 3.8) is 0 Å². The second kappa shape index (κ2) is 7.62. The minimum absolute atomic E-state index is 0.139. The smallest absolute Gasteiger partial charge is 0.132 e. The number of hydrogen-bond acceptors (Lipinski definition) is 5. The minimum Gasteiger partial charge on any atom is -0.393 e. The standard InChI is InChI=1S/C26H39N3O2/c1-24-11-8-18(30)14-17(24)4-5-19-20-6-7-22(25(20,2)12-9-21(19)24)26(3,31)13-10-23-28-15-27-16-29-23/h4,15-16,18-22,30-31H,5-14H2,1-3H3/t18-,19-,20-,21-,22-,24-,25-,26+/m0/s1. The molecule has 8 atom stereocenters. The third-order valence-electron chi connectivity index (χ3n) is 10.2. The van der Waals surface area contributed by atoms with Crippen LogP contribution in [0.15, 0.2) is 24.3 Å². The van der Waals surface area contributed by atoms with Gasteiger partial charge < -0.3 is 10.2 Å². The van der Waals surface area contributed by atoms with Gasteiger partial charge >= 0.3 is 0 Å². The minimum atomic E-state index is -0.697. The van der Waals surface area contributed by atoms with E-state index < -0.39 is 5.60 Å². The van der Waals surface area contributed by atoms with E-state index in [1.54, 1.807) is 12.7 Å². The lowest BCUT2D eigenvalue weighted by molar-refractivity contribution is -0.104. The van der Waals surface area contributed by atoms with Crippen LogP contribution in [0.1, 0.15) is 84.4 Å². The molecule has 0 bridgehead atoms. The second-order valence-corrected chi connectivity index (χ2v) is 11.7. The summed E-state index contributed by atoms with van der Waals surface area (Å²) in [5.74, 6) is 3.27. The molecule has 0 aliphatic heterocycles. The van der Waals surface area contributed by atoms with Crippen LogP contribution in [0, 0.1) is 34.5 Å². The van der Waals surface area contributed by atoms with Gasteiger partial charge in [-0.25, -0.2) is 15.0 Å². The molecular formula is C26H39N3O2. The molecule has 0 radical (unpaired) electrons. The van der Waals surface area contributed by atoms with E-state index in [1.807, 2.05) is 0 Å². The molecule has 3 fully saturated rings. The van der Waals surface area contributed by atoms with Crippen molar-refractivity contribution in [2.24, 2.45) is 34.5 Å². The third-order valence-corrected chi connectivity index (χ3v) is 10.2. The van der Waals surface area contributed by atoms with Crippen LogP contribution in [0.3, 0.4) is 0 Å². The number of rotatable bonds is 4. The molecule has 1 heterocycles. The molecular weight excluding hydrogens is 386 g/mol. The van der Waals surface area contributed by atoms with Gasteiger partial charge in [0.05, 0.1) is 11.7 Å². The van der Waals surface area contributed by atoms with E-state index in [1.165, 1.54) is 31.3 Å². The molecule has 0 unspecified atom stereocenters. The first-order valence-electron chi connectivity index (χ1n) is 12.4. The van der Waals surface area contributed by atoms with E-state index in [4.69, 9.17) is 0 Å². The first kappa shape index (κ1) is 21.5. The number of allylic oxidation sites excluding steroid dienone is 1. The summed E-state index contributed by atoms with van der Waals surface area (Å²) in [6.45, 7) is 7.03. The van der Waals surface area contributed by atoms with Crippen LogP contribution in [0.25, 0.3) is 0 Å². The van der Waals surface area contributed by atoms with Gasteiger partial charge in [-0.3, -0.25) is 0 Å². The fourth-order valence-electron chi connectivity index (χ4n) is 8.59. The Bertz CT molecular complexity index is 840. The molecule has 4 aliphatic carbocycles. The Morgan fingerprint density at radius 3 is 2.61 bits per heavy atom. The Labute approximate surface area is 186 Å². The molecule has 3 saturated carbocycles. The first-order valence-corrected chi connectivity index (χ1v) is 12.4. The summed E-state index contributed by atoms with van der Waals surface area (Å²) in [4.78, 5) is 12.4. The van der Waals surface area contributed by atoms with Crippen LogP contribution in [0.5, 0.6) is 0 Å². The van der Waals surface area contributed by atoms with Crippen molar-refractivity contribution in [3.05, 3.63) is 30.1 Å². The highest BCUT2D eigenvalue weighted by Crippen LogP contribution is 2.67. The Morgan fingerprint density at radius 1 is 1.06 bits per heavy atom. The molecule has 1 aromatic heterocycles. The van der Waals surface area contributed by atoms with Gasteiger partial charge in [0.25, 0.3) is 0 Å². The van der Waals surface area contributed by atoms with Gasteiger partial charge in [-0.15, -0.1) is 0 Å². The topological polar surface area (TPSA) is 79.1 Å². The lowest BCUT2D eigenvalue weighted by atomic mass is 9.46. The fourth-order valence-corrected chi connectivity index (χ4v) is 8.59. The third kappa shape index (κ3) is 3.47. The maximum atomic E-state index is 11.6. The SMILES string of the molecule is C[C@]12CC[C@H]3[C@@H](CC=C4C[C@@H](O)CC[C@@]43C)[C@@H]1CC[C@@H]2[C@](C)(O)CCc1ncncn1. The van der Waals surface area contributed by atoms with Gasteiger partial charge in [0, 0.05) is 6.42 Å². The summed E-state index contributed by atoms with van der Waals surface area (Å²) < 4.78 is 0. The van der Waals surface area contributed by atoms with Crippen LogP contribution < -0.4 is 0 Å². The van der Waals surface area contributed by atoms with Crippen LogP contribution in [0.4, 0.5) is 0 Å². The fraction of sp³-hybridized carbons (Fsp3) is 0.808. The molecule has 0 saturated heterocycles. The molecule has 5 rings (SSSR count). The van der Waals surface area contributed by atoms with E-state index in [-0.39, 0.29) is 16.9 Å². The zero-order chi connectivity index (χ0) is 21.9. The zero-order valence-electron chi connectivity index (χ0n) is 19.4. The Balaban J connectivity index is 1.35. The highest BCUT2D eigenvalue weighted by molar-refractivity contribution is 5.25. The molecule has 0 amide bonds. The van der Waals surface area contributed by atoms with Crippen molar-refractivity contribution >= 4 is 0 Å². The van der Waals surface area contributed by atoms with Crippen molar-refractivity contribution in [2.75, 3.05) is 0 Å². The molecule has 0 aromatic carbocycles. The normalized spacial score (nSPS) is 43.9. The number of hydrogen-bond donors (Lipinski definition) is 2. The second-order valence-electron chi connectivity index (χ2n) is 11.7. The van der Waals surface area contributed by atoms with Gasteiger partial charge in [0.1, 0.15) is 18.5 Å². The number of aliphatic hydroxyl groups excluding tert-OH is 1. The van der Waals surface area contributed by atoms with Crippen LogP contribution in [-0.4, -0.2) is 36.9 Å². The number of aryl methyl sites for hydroxylation is 1. The van der Waals surface area contributed by atoms with Crippen molar-refractivity contribution in [1.29, 1.82) is 0 Å². The van der Waals surface area contributed by atoms with E-state index in [0.717, 1.165) is 43.3 Å². The van der Waals surface area contributed by atoms with Crippen molar-refractivity contribution in [3.8, 4) is 0 Å².